The van der Waals surface area contributed by atoms with Crippen LogP contribution < -0.4 is 0 Å². The molecule has 0 aliphatic heterocycles. The third-order valence-corrected chi connectivity index (χ3v) is 3.51. The first-order valence-electron chi connectivity index (χ1n) is 5.72. The second-order valence-corrected chi connectivity index (χ2v) is 5.18. The highest BCUT2D eigenvalue weighted by Gasteiger charge is 2.39. The Morgan fingerprint density at radius 3 is 2.74 bits per heavy atom. The van der Waals surface area contributed by atoms with Crippen molar-refractivity contribution in [2.45, 2.75) is 24.4 Å². The van der Waals surface area contributed by atoms with Gasteiger partial charge in [-0.1, -0.05) is 23.4 Å². The van der Waals surface area contributed by atoms with E-state index in [-0.39, 0.29) is 11.8 Å². The molecule has 0 amide bonds. The van der Waals surface area contributed by atoms with Gasteiger partial charge in [0.15, 0.2) is 5.16 Å². The highest BCUT2D eigenvalue weighted by molar-refractivity contribution is 7.98. The minimum absolute atomic E-state index is 0.146. The van der Waals surface area contributed by atoms with Crippen LogP contribution in [0.1, 0.15) is 19.4 Å². The highest BCUT2D eigenvalue weighted by Crippen LogP contribution is 2.31. The van der Waals surface area contributed by atoms with Crippen molar-refractivity contribution in [2.75, 3.05) is 26.6 Å². The van der Waals surface area contributed by atoms with Crippen molar-refractivity contribution in [3.63, 3.8) is 0 Å². The van der Waals surface area contributed by atoms with Crippen LogP contribution in [0.25, 0.3) is 0 Å². The molecular formula is C12H17ClN2O3S. The third kappa shape index (κ3) is 3.58. The lowest BCUT2D eigenvalue weighted by Crippen LogP contribution is -2.39. The van der Waals surface area contributed by atoms with E-state index in [1.54, 1.807) is 20.0 Å². The fourth-order valence-corrected chi connectivity index (χ4v) is 2.37. The zero-order valence-corrected chi connectivity index (χ0v) is 13.0. The summed E-state index contributed by atoms with van der Waals surface area (Å²) in [4.78, 5) is 20.4. The first-order valence-corrected chi connectivity index (χ1v) is 7.33. The summed E-state index contributed by atoms with van der Waals surface area (Å²) in [5.41, 5.74) is -0.508. The Kier molecular flexibility index (Phi) is 6.03. The van der Waals surface area contributed by atoms with Crippen LogP contribution in [-0.4, -0.2) is 42.5 Å². The number of halogens is 1. The number of methoxy groups -OCH3 is 1. The summed E-state index contributed by atoms with van der Waals surface area (Å²) in [5.74, 6) is -0.403. The van der Waals surface area contributed by atoms with E-state index < -0.39 is 11.4 Å². The highest BCUT2D eigenvalue weighted by atomic mass is 35.5. The summed E-state index contributed by atoms with van der Waals surface area (Å²) in [6, 6.07) is 0. The molecule has 106 valence electrons. The minimum Gasteiger partial charge on any atom is -0.465 e. The Morgan fingerprint density at radius 2 is 2.26 bits per heavy atom. The molecular weight excluding hydrogens is 288 g/mol. The number of hydrogen-bond donors (Lipinski definition) is 0. The summed E-state index contributed by atoms with van der Waals surface area (Å²) in [7, 11) is 1.52. The predicted octanol–water partition coefficient (Wildman–Crippen LogP) is 2.32. The SMILES string of the molecule is CCOC(=O)C(C)(COC)c1cnc(SC)nc1Cl. The van der Waals surface area contributed by atoms with Gasteiger partial charge in [-0.3, -0.25) is 4.79 Å². The molecule has 19 heavy (non-hydrogen) atoms. The maximum Gasteiger partial charge on any atom is 0.318 e. The number of hydrogen-bond acceptors (Lipinski definition) is 6. The number of carbonyl (C=O) groups excluding carboxylic acids is 1. The molecule has 5 nitrogen and oxygen atoms in total. The zero-order valence-electron chi connectivity index (χ0n) is 11.4. The Morgan fingerprint density at radius 1 is 1.58 bits per heavy atom. The predicted molar refractivity (Wildman–Crippen MR) is 74.7 cm³/mol. The topological polar surface area (TPSA) is 61.3 Å². The van der Waals surface area contributed by atoms with Crippen LogP contribution in [0, 0.1) is 0 Å². The molecule has 1 heterocycles. The van der Waals surface area contributed by atoms with Crippen LogP contribution in [0.4, 0.5) is 0 Å². The lowest BCUT2D eigenvalue weighted by Gasteiger charge is -2.27. The lowest BCUT2D eigenvalue weighted by molar-refractivity contribution is -0.151. The number of ether oxygens (including phenoxy) is 2. The molecule has 7 heteroatoms. The number of rotatable bonds is 6. The van der Waals surface area contributed by atoms with Crippen LogP contribution >= 0.6 is 23.4 Å². The average Bonchev–Trinajstić information content (AvgIpc) is 2.38. The maximum atomic E-state index is 12.1. The van der Waals surface area contributed by atoms with E-state index in [1.807, 2.05) is 6.26 Å². The standard InChI is InChI=1S/C12H17ClN2O3S/c1-5-18-10(16)12(2,7-17-3)8-6-14-11(19-4)15-9(8)13/h6H,5,7H2,1-4H3. The van der Waals surface area contributed by atoms with Crippen LogP contribution in [0.2, 0.25) is 5.15 Å². The summed E-state index contributed by atoms with van der Waals surface area (Å²) < 4.78 is 10.2. The molecule has 0 N–H and O–H groups in total. The largest absolute Gasteiger partial charge is 0.465 e. The van der Waals surface area contributed by atoms with Crippen LogP contribution in [0.3, 0.4) is 0 Å². The van der Waals surface area contributed by atoms with Gasteiger partial charge >= 0.3 is 5.97 Å². The fraction of sp³-hybridized carbons (Fsp3) is 0.583. The molecule has 1 atom stereocenters. The maximum absolute atomic E-state index is 12.1. The van der Waals surface area contributed by atoms with Crippen molar-refractivity contribution < 1.29 is 14.3 Å². The molecule has 0 radical (unpaired) electrons. The summed E-state index contributed by atoms with van der Waals surface area (Å²) in [5, 5.41) is 0.796. The van der Waals surface area contributed by atoms with E-state index in [1.165, 1.54) is 18.9 Å². The lowest BCUT2D eigenvalue weighted by atomic mass is 9.85. The Bertz CT molecular complexity index is 459. The molecule has 1 aromatic rings. The monoisotopic (exact) mass is 304 g/mol. The Hall–Kier alpha value is -0.850. The molecule has 0 saturated carbocycles. The molecule has 0 fully saturated rings. The van der Waals surface area contributed by atoms with Gasteiger partial charge in [-0.15, -0.1) is 0 Å². The van der Waals surface area contributed by atoms with Gasteiger partial charge in [-0.2, -0.15) is 0 Å². The summed E-state index contributed by atoms with van der Waals surface area (Å²) in [6.45, 7) is 3.89. The van der Waals surface area contributed by atoms with Crippen molar-refractivity contribution in [1.82, 2.24) is 9.97 Å². The first kappa shape index (κ1) is 16.2. The second kappa shape index (κ2) is 7.07. The van der Waals surface area contributed by atoms with Crippen LogP contribution in [-0.2, 0) is 19.7 Å². The van der Waals surface area contributed by atoms with Gasteiger partial charge in [0.25, 0.3) is 0 Å². The van der Waals surface area contributed by atoms with Gasteiger partial charge in [0, 0.05) is 18.9 Å². The number of thioether (sulfide) groups is 1. The van der Waals surface area contributed by atoms with E-state index in [0.29, 0.717) is 17.3 Å². The van der Waals surface area contributed by atoms with Crippen molar-refractivity contribution >= 4 is 29.3 Å². The number of esters is 1. The summed E-state index contributed by atoms with van der Waals surface area (Å²) in [6.07, 6.45) is 3.40. The van der Waals surface area contributed by atoms with E-state index >= 15 is 0 Å². The van der Waals surface area contributed by atoms with Crippen molar-refractivity contribution in [2.24, 2.45) is 0 Å². The number of carbonyl (C=O) groups is 1. The quantitative estimate of drug-likeness (QED) is 0.348. The molecule has 1 aromatic heterocycles. The van der Waals surface area contributed by atoms with Crippen LogP contribution in [0.15, 0.2) is 11.4 Å². The second-order valence-electron chi connectivity index (χ2n) is 4.05. The number of aromatic nitrogens is 2. The van der Waals surface area contributed by atoms with Crippen LogP contribution in [0.5, 0.6) is 0 Å². The molecule has 0 saturated heterocycles. The normalized spacial score (nSPS) is 13.9. The van der Waals surface area contributed by atoms with Gasteiger partial charge in [0.2, 0.25) is 0 Å². The fourth-order valence-electron chi connectivity index (χ4n) is 1.64. The molecule has 0 aliphatic carbocycles. The average molecular weight is 305 g/mol. The van der Waals surface area contributed by atoms with Gasteiger partial charge in [-0.25, -0.2) is 9.97 Å². The van der Waals surface area contributed by atoms with E-state index in [2.05, 4.69) is 9.97 Å². The zero-order chi connectivity index (χ0) is 14.5. The van der Waals surface area contributed by atoms with Crippen molar-refractivity contribution in [1.29, 1.82) is 0 Å². The van der Waals surface area contributed by atoms with E-state index in [4.69, 9.17) is 21.1 Å². The molecule has 0 aliphatic rings. The first-order chi connectivity index (χ1) is 8.99. The van der Waals surface area contributed by atoms with Gasteiger partial charge in [0.1, 0.15) is 10.6 Å². The van der Waals surface area contributed by atoms with Gasteiger partial charge in [-0.05, 0) is 20.1 Å². The third-order valence-electron chi connectivity index (χ3n) is 2.66. The molecule has 1 unspecified atom stereocenters. The number of nitrogens with zero attached hydrogens (tertiary/aromatic N) is 2. The summed E-state index contributed by atoms with van der Waals surface area (Å²) >= 11 is 7.52. The van der Waals surface area contributed by atoms with Crippen molar-refractivity contribution in [3.05, 3.63) is 16.9 Å². The van der Waals surface area contributed by atoms with E-state index in [9.17, 15) is 4.79 Å². The van der Waals surface area contributed by atoms with E-state index in [0.717, 1.165) is 0 Å². The molecule has 0 aromatic carbocycles. The Labute approximate surface area is 122 Å². The van der Waals surface area contributed by atoms with Gasteiger partial charge < -0.3 is 9.47 Å². The Balaban J connectivity index is 3.21. The van der Waals surface area contributed by atoms with Crippen molar-refractivity contribution in [3.8, 4) is 0 Å². The van der Waals surface area contributed by atoms with Gasteiger partial charge in [0.05, 0.1) is 13.2 Å². The smallest absolute Gasteiger partial charge is 0.318 e. The molecule has 1 rings (SSSR count). The minimum atomic E-state index is -1.02. The molecule has 0 spiro atoms. The molecule has 0 bridgehead atoms.